The average Bonchev–Trinajstić information content (AvgIpc) is 2.50. The molecule has 0 fully saturated rings. The van der Waals surface area contributed by atoms with Gasteiger partial charge in [-0.2, -0.15) is 0 Å². The maximum absolute atomic E-state index is 12.1. The predicted molar refractivity (Wildman–Crippen MR) is 86.2 cm³/mol. The van der Waals surface area contributed by atoms with Gasteiger partial charge >= 0.3 is 0 Å². The zero-order valence-electron chi connectivity index (χ0n) is 11.9. The molecule has 0 aliphatic heterocycles. The van der Waals surface area contributed by atoms with Crippen molar-refractivity contribution in [3.05, 3.63) is 53.6 Å². The Morgan fingerprint density at radius 1 is 1.05 bits per heavy atom. The second-order valence-corrected chi connectivity index (χ2v) is 5.03. The third-order valence-electron chi connectivity index (χ3n) is 2.98. The van der Waals surface area contributed by atoms with Crippen LogP contribution in [0.4, 0.5) is 11.4 Å². The maximum Gasteiger partial charge on any atom is 0.246 e. The molecule has 0 heterocycles. The van der Waals surface area contributed by atoms with Crippen molar-refractivity contribution in [2.24, 2.45) is 0 Å². The number of nitrogens with one attached hydrogen (secondary N) is 2. The molecule has 2 rings (SSSR count). The monoisotopic (exact) mass is 304 g/mol. The molecule has 0 radical (unpaired) electrons. The van der Waals surface area contributed by atoms with E-state index in [1.807, 2.05) is 12.1 Å². The van der Waals surface area contributed by atoms with E-state index in [0.717, 1.165) is 17.1 Å². The molecule has 2 aromatic rings. The predicted octanol–water partition coefficient (Wildman–Crippen LogP) is 3.79. The van der Waals surface area contributed by atoms with Crippen molar-refractivity contribution < 1.29 is 9.53 Å². The lowest BCUT2D eigenvalue weighted by atomic mass is 10.2. The lowest BCUT2D eigenvalue weighted by Gasteiger charge is -2.15. The van der Waals surface area contributed by atoms with Crippen LogP contribution in [0.15, 0.2) is 48.5 Å². The van der Waals surface area contributed by atoms with E-state index in [4.69, 9.17) is 16.3 Å². The van der Waals surface area contributed by atoms with Crippen LogP contribution in [0.2, 0.25) is 5.02 Å². The highest BCUT2D eigenvalue weighted by molar-refractivity contribution is 6.30. The fourth-order valence-corrected chi connectivity index (χ4v) is 1.91. The van der Waals surface area contributed by atoms with Gasteiger partial charge in [-0.3, -0.25) is 4.79 Å². The summed E-state index contributed by atoms with van der Waals surface area (Å²) < 4.78 is 5.07. The SMILES string of the molecule is COc1ccc(NC(=O)[C@H](C)Nc2ccc(Cl)cc2)cc1. The molecular weight excluding hydrogens is 288 g/mol. The summed E-state index contributed by atoms with van der Waals surface area (Å²) in [6.07, 6.45) is 0. The van der Waals surface area contributed by atoms with Gasteiger partial charge in [0.15, 0.2) is 0 Å². The maximum atomic E-state index is 12.1. The van der Waals surface area contributed by atoms with Crippen molar-refractivity contribution >= 4 is 28.9 Å². The van der Waals surface area contributed by atoms with Crippen molar-refractivity contribution in [2.45, 2.75) is 13.0 Å². The third kappa shape index (κ3) is 4.39. The molecule has 0 bridgehead atoms. The first kappa shape index (κ1) is 15.2. The highest BCUT2D eigenvalue weighted by Crippen LogP contribution is 2.17. The lowest BCUT2D eigenvalue weighted by molar-refractivity contribution is -0.116. The number of hydrogen-bond acceptors (Lipinski definition) is 3. The average molecular weight is 305 g/mol. The molecule has 0 unspecified atom stereocenters. The number of benzene rings is 2. The second-order valence-electron chi connectivity index (χ2n) is 4.59. The molecule has 4 nitrogen and oxygen atoms in total. The van der Waals surface area contributed by atoms with Gasteiger partial charge in [0.05, 0.1) is 7.11 Å². The van der Waals surface area contributed by atoms with Gasteiger partial charge in [-0.1, -0.05) is 11.6 Å². The van der Waals surface area contributed by atoms with Crippen LogP contribution in [0.1, 0.15) is 6.92 Å². The van der Waals surface area contributed by atoms with Crippen molar-refractivity contribution in [3.63, 3.8) is 0 Å². The van der Waals surface area contributed by atoms with E-state index in [9.17, 15) is 4.79 Å². The molecule has 2 N–H and O–H groups in total. The fraction of sp³-hybridized carbons (Fsp3) is 0.188. The summed E-state index contributed by atoms with van der Waals surface area (Å²) >= 11 is 5.83. The number of anilines is 2. The van der Waals surface area contributed by atoms with Gasteiger partial charge in [0.2, 0.25) is 5.91 Å². The molecular formula is C16H17ClN2O2. The first-order valence-electron chi connectivity index (χ1n) is 6.55. The highest BCUT2D eigenvalue weighted by Gasteiger charge is 2.12. The quantitative estimate of drug-likeness (QED) is 0.883. The number of carbonyl (C=O) groups excluding carboxylic acids is 1. The summed E-state index contributed by atoms with van der Waals surface area (Å²) in [6.45, 7) is 1.80. The normalized spacial score (nSPS) is 11.6. The van der Waals surface area contributed by atoms with Crippen LogP contribution in [0.3, 0.4) is 0 Å². The summed E-state index contributed by atoms with van der Waals surface area (Å²) in [6, 6.07) is 14.0. The minimum Gasteiger partial charge on any atom is -0.497 e. The molecule has 0 spiro atoms. The Morgan fingerprint density at radius 3 is 2.19 bits per heavy atom. The van der Waals surface area contributed by atoms with Crippen LogP contribution in [-0.4, -0.2) is 19.1 Å². The molecule has 5 heteroatoms. The molecule has 21 heavy (non-hydrogen) atoms. The third-order valence-corrected chi connectivity index (χ3v) is 3.23. The number of rotatable bonds is 5. The number of ether oxygens (including phenoxy) is 1. The van der Waals surface area contributed by atoms with Gasteiger partial charge in [0, 0.05) is 16.4 Å². The molecule has 110 valence electrons. The van der Waals surface area contributed by atoms with Gasteiger partial charge in [-0.15, -0.1) is 0 Å². The summed E-state index contributed by atoms with van der Waals surface area (Å²) in [7, 11) is 1.60. The molecule has 0 saturated heterocycles. The fourth-order valence-electron chi connectivity index (χ4n) is 1.79. The molecule has 0 aliphatic carbocycles. The second kappa shape index (κ2) is 6.99. The van der Waals surface area contributed by atoms with Crippen LogP contribution in [-0.2, 0) is 4.79 Å². The van der Waals surface area contributed by atoms with E-state index < -0.39 is 0 Å². The van der Waals surface area contributed by atoms with Crippen LogP contribution in [0, 0.1) is 0 Å². The Hall–Kier alpha value is -2.20. The summed E-state index contributed by atoms with van der Waals surface area (Å²) in [5, 5.41) is 6.62. The topological polar surface area (TPSA) is 50.4 Å². The van der Waals surface area contributed by atoms with Crippen molar-refractivity contribution in [1.29, 1.82) is 0 Å². The standard InChI is InChI=1S/C16H17ClN2O2/c1-11(18-13-5-3-12(17)4-6-13)16(20)19-14-7-9-15(21-2)10-8-14/h3-11,18H,1-2H3,(H,19,20)/t11-/m0/s1. The van der Waals surface area contributed by atoms with E-state index >= 15 is 0 Å². The van der Waals surface area contributed by atoms with E-state index in [-0.39, 0.29) is 11.9 Å². The minimum atomic E-state index is -0.367. The highest BCUT2D eigenvalue weighted by atomic mass is 35.5. The summed E-state index contributed by atoms with van der Waals surface area (Å²) in [5.41, 5.74) is 1.57. The first-order chi connectivity index (χ1) is 10.1. The number of methoxy groups -OCH3 is 1. The van der Waals surface area contributed by atoms with Crippen molar-refractivity contribution in [2.75, 3.05) is 17.7 Å². The zero-order valence-corrected chi connectivity index (χ0v) is 12.6. The van der Waals surface area contributed by atoms with E-state index in [1.54, 1.807) is 50.4 Å². The summed E-state index contributed by atoms with van der Waals surface area (Å²) in [5.74, 6) is 0.635. The molecule has 0 aromatic heterocycles. The number of carbonyl (C=O) groups is 1. The Bertz CT molecular complexity index is 597. The molecule has 0 aliphatic rings. The largest absolute Gasteiger partial charge is 0.497 e. The van der Waals surface area contributed by atoms with Gasteiger partial charge in [-0.25, -0.2) is 0 Å². The Kier molecular flexibility index (Phi) is 5.06. The van der Waals surface area contributed by atoms with E-state index in [2.05, 4.69) is 10.6 Å². The molecule has 2 aromatic carbocycles. The lowest BCUT2D eigenvalue weighted by Crippen LogP contribution is -2.31. The van der Waals surface area contributed by atoms with Crippen LogP contribution in [0.25, 0.3) is 0 Å². The van der Waals surface area contributed by atoms with Gasteiger partial charge in [0.1, 0.15) is 11.8 Å². The number of amides is 1. The van der Waals surface area contributed by atoms with Crippen LogP contribution < -0.4 is 15.4 Å². The number of hydrogen-bond donors (Lipinski definition) is 2. The Labute approximate surface area is 129 Å². The van der Waals surface area contributed by atoms with E-state index in [0.29, 0.717) is 5.02 Å². The van der Waals surface area contributed by atoms with Crippen molar-refractivity contribution in [3.8, 4) is 5.75 Å². The van der Waals surface area contributed by atoms with Gasteiger partial charge in [0.25, 0.3) is 0 Å². The van der Waals surface area contributed by atoms with Crippen LogP contribution in [0.5, 0.6) is 5.75 Å². The Morgan fingerprint density at radius 2 is 1.62 bits per heavy atom. The smallest absolute Gasteiger partial charge is 0.246 e. The minimum absolute atomic E-state index is 0.116. The molecule has 0 saturated carbocycles. The van der Waals surface area contributed by atoms with Crippen molar-refractivity contribution in [1.82, 2.24) is 0 Å². The van der Waals surface area contributed by atoms with Gasteiger partial charge in [-0.05, 0) is 55.5 Å². The van der Waals surface area contributed by atoms with Gasteiger partial charge < -0.3 is 15.4 Å². The Balaban J connectivity index is 1.93. The van der Waals surface area contributed by atoms with Crippen LogP contribution >= 0.6 is 11.6 Å². The molecule has 1 amide bonds. The van der Waals surface area contributed by atoms with E-state index in [1.165, 1.54) is 0 Å². The number of halogens is 1. The first-order valence-corrected chi connectivity index (χ1v) is 6.93. The molecule has 1 atom stereocenters. The zero-order chi connectivity index (χ0) is 15.2. The summed E-state index contributed by atoms with van der Waals surface area (Å²) in [4.78, 5) is 12.1.